The van der Waals surface area contributed by atoms with Crippen molar-refractivity contribution in [1.82, 2.24) is 0 Å². The van der Waals surface area contributed by atoms with Gasteiger partial charge in [0.2, 0.25) is 5.91 Å². The van der Waals surface area contributed by atoms with Crippen molar-refractivity contribution < 1.29 is 28.7 Å². The number of ether oxygens (including phenoxy) is 2. The highest BCUT2D eigenvalue weighted by molar-refractivity contribution is 6.04. The summed E-state index contributed by atoms with van der Waals surface area (Å²) in [5, 5.41) is 5.25. The Kier molecular flexibility index (Phi) is 9.22. The minimum atomic E-state index is -0.781. The van der Waals surface area contributed by atoms with Crippen LogP contribution in [0.15, 0.2) is 48.5 Å². The Morgan fingerprint density at radius 2 is 1.47 bits per heavy atom. The second kappa shape index (κ2) is 12.3. The van der Waals surface area contributed by atoms with Crippen LogP contribution in [0.2, 0.25) is 0 Å². The summed E-state index contributed by atoms with van der Waals surface area (Å²) in [4.78, 5) is 49.2. The number of benzene rings is 2. The van der Waals surface area contributed by atoms with Crippen molar-refractivity contribution in [3.05, 3.63) is 59.7 Å². The second-order valence-corrected chi connectivity index (χ2v) is 9.70. The first-order valence-corrected chi connectivity index (χ1v) is 12.3. The topological polar surface area (TPSA) is 111 Å². The van der Waals surface area contributed by atoms with E-state index in [0.717, 1.165) is 19.3 Å². The van der Waals surface area contributed by atoms with Crippen LogP contribution in [0.1, 0.15) is 67.7 Å². The van der Waals surface area contributed by atoms with Crippen LogP contribution >= 0.6 is 0 Å². The summed E-state index contributed by atoms with van der Waals surface area (Å²) in [6.07, 6.45) is 2.72. The van der Waals surface area contributed by atoms with Gasteiger partial charge >= 0.3 is 11.9 Å². The molecule has 3 rings (SSSR count). The summed E-state index contributed by atoms with van der Waals surface area (Å²) in [5.74, 6) is -0.941. The third-order valence-electron chi connectivity index (χ3n) is 6.41. The number of amides is 2. The van der Waals surface area contributed by atoms with Crippen LogP contribution in [0.4, 0.5) is 11.4 Å². The van der Waals surface area contributed by atoms with Crippen molar-refractivity contribution in [3.8, 4) is 0 Å². The van der Waals surface area contributed by atoms with E-state index in [0.29, 0.717) is 23.2 Å². The highest BCUT2D eigenvalue weighted by atomic mass is 16.5. The predicted molar refractivity (Wildman–Crippen MR) is 137 cm³/mol. The largest absolute Gasteiger partial charge is 0.458 e. The van der Waals surface area contributed by atoms with E-state index < -0.39 is 24.5 Å². The number of anilines is 2. The van der Waals surface area contributed by atoms with Crippen LogP contribution < -0.4 is 10.6 Å². The average Bonchev–Trinajstić information content (AvgIpc) is 2.83. The summed E-state index contributed by atoms with van der Waals surface area (Å²) in [5.41, 5.74) is 1.26. The van der Waals surface area contributed by atoms with E-state index in [1.165, 1.54) is 19.1 Å². The summed E-state index contributed by atoms with van der Waals surface area (Å²) < 4.78 is 11.1. The fraction of sp³-hybridized carbons (Fsp3) is 0.429. The van der Waals surface area contributed by atoms with Crippen molar-refractivity contribution in [2.45, 2.75) is 53.1 Å². The van der Waals surface area contributed by atoms with Gasteiger partial charge in [0.15, 0.2) is 6.61 Å². The monoisotopic (exact) mass is 494 g/mol. The fourth-order valence-electron chi connectivity index (χ4n) is 4.54. The van der Waals surface area contributed by atoms with Gasteiger partial charge in [-0.2, -0.15) is 0 Å². The first-order chi connectivity index (χ1) is 17.1. The molecule has 0 saturated heterocycles. The zero-order chi connectivity index (χ0) is 26.2. The SMILES string of the molecule is CC(=O)Nc1ccc(NC(=O)COC(=O)c2ccccc2C(=O)O[C@@H]2C[C@@H](C)CC[C@@H]2C(C)C)cc1. The molecule has 2 amide bonds. The molecule has 8 heteroatoms. The van der Waals surface area contributed by atoms with Gasteiger partial charge in [0, 0.05) is 18.3 Å². The third kappa shape index (κ3) is 7.41. The highest BCUT2D eigenvalue weighted by Gasteiger charge is 2.34. The lowest BCUT2D eigenvalue weighted by Gasteiger charge is -2.36. The van der Waals surface area contributed by atoms with Gasteiger partial charge in [-0.25, -0.2) is 9.59 Å². The van der Waals surface area contributed by atoms with Gasteiger partial charge in [-0.3, -0.25) is 9.59 Å². The van der Waals surface area contributed by atoms with Crippen molar-refractivity contribution in [2.24, 2.45) is 17.8 Å². The Hall–Kier alpha value is -3.68. The zero-order valence-electron chi connectivity index (χ0n) is 21.2. The van der Waals surface area contributed by atoms with Crippen molar-refractivity contribution in [1.29, 1.82) is 0 Å². The van der Waals surface area contributed by atoms with Crippen LogP contribution in [-0.2, 0) is 19.1 Å². The van der Waals surface area contributed by atoms with Gasteiger partial charge in [0.05, 0.1) is 11.1 Å². The average molecular weight is 495 g/mol. The minimum absolute atomic E-state index is 0.0555. The molecule has 36 heavy (non-hydrogen) atoms. The first-order valence-electron chi connectivity index (χ1n) is 12.3. The molecule has 3 atom stereocenters. The normalized spacial score (nSPS) is 19.3. The predicted octanol–water partition coefficient (Wildman–Crippen LogP) is 5.06. The van der Waals surface area contributed by atoms with Crippen LogP contribution in [0.3, 0.4) is 0 Å². The number of nitrogens with one attached hydrogen (secondary N) is 2. The Balaban J connectivity index is 1.60. The zero-order valence-corrected chi connectivity index (χ0v) is 21.2. The lowest BCUT2D eigenvalue weighted by atomic mass is 9.75. The number of esters is 2. The van der Waals surface area contributed by atoms with E-state index in [-0.39, 0.29) is 29.1 Å². The second-order valence-electron chi connectivity index (χ2n) is 9.70. The lowest BCUT2D eigenvalue weighted by molar-refractivity contribution is -0.119. The van der Waals surface area contributed by atoms with Crippen LogP contribution in [-0.4, -0.2) is 36.5 Å². The minimum Gasteiger partial charge on any atom is -0.458 e. The molecule has 8 nitrogen and oxygen atoms in total. The molecule has 2 N–H and O–H groups in total. The van der Waals surface area contributed by atoms with Crippen LogP contribution in [0.5, 0.6) is 0 Å². The molecule has 0 heterocycles. The Bertz CT molecular complexity index is 1100. The molecule has 0 aromatic heterocycles. The van der Waals surface area contributed by atoms with Crippen LogP contribution in [0, 0.1) is 17.8 Å². The maximum atomic E-state index is 13.1. The van der Waals surface area contributed by atoms with Crippen LogP contribution in [0.25, 0.3) is 0 Å². The summed E-state index contributed by atoms with van der Waals surface area (Å²) in [7, 11) is 0. The maximum absolute atomic E-state index is 13.1. The lowest BCUT2D eigenvalue weighted by Crippen LogP contribution is -2.36. The molecule has 0 radical (unpaired) electrons. The third-order valence-corrected chi connectivity index (χ3v) is 6.41. The van der Waals surface area contributed by atoms with E-state index in [4.69, 9.17) is 9.47 Å². The first kappa shape index (κ1) is 26.9. The van der Waals surface area contributed by atoms with Crippen molar-refractivity contribution in [2.75, 3.05) is 17.2 Å². The molecule has 0 unspecified atom stereocenters. The van der Waals surface area contributed by atoms with Crippen molar-refractivity contribution in [3.63, 3.8) is 0 Å². The summed E-state index contributed by atoms with van der Waals surface area (Å²) in [6, 6.07) is 12.8. The molecular formula is C28H34N2O6. The Morgan fingerprint density at radius 3 is 2.06 bits per heavy atom. The molecule has 0 spiro atoms. The van der Waals surface area contributed by atoms with E-state index in [1.807, 2.05) is 0 Å². The van der Waals surface area contributed by atoms with E-state index in [9.17, 15) is 19.2 Å². The van der Waals surface area contributed by atoms with E-state index in [2.05, 4.69) is 31.4 Å². The number of hydrogen-bond donors (Lipinski definition) is 2. The molecule has 2 aromatic carbocycles. The van der Waals surface area contributed by atoms with Gasteiger partial charge in [-0.1, -0.05) is 39.3 Å². The molecule has 192 valence electrons. The van der Waals surface area contributed by atoms with E-state index >= 15 is 0 Å². The van der Waals surface area contributed by atoms with Gasteiger partial charge in [0.25, 0.3) is 5.91 Å². The van der Waals surface area contributed by atoms with Gasteiger partial charge in [-0.05, 0) is 67.0 Å². The number of carbonyl (C=O) groups is 4. The highest BCUT2D eigenvalue weighted by Crippen LogP contribution is 2.35. The maximum Gasteiger partial charge on any atom is 0.339 e. The molecule has 0 bridgehead atoms. The molecule has 1 aliphatic rings. The smallest absolute Gasteiger partial charge is 0.339 e. The van der Waals surface area contributed by atoms with Gasteiger partial charge < -0.3 is 20.1 Å². The van der Waals surface area contributed by atoms with E-state index in [1.54, 1.807) is 36.4 Å². The van der Waals surface area contributed by atoms with Gasteiger partial charge in [-0.15, -0.1) is 0 Å². The number of rotatable bonds is 8. The van der Waals surface area contributed by atoms with Gasteiger partial charge in [0.1, 0.15) is 6.10 Å². The standard InChI is InChI=1S/C28H34N2O6/c1-17(2)22-14-9-18(3)15-25(22)36-28(34)24-8-6-5-7-23(24)27(33)35-16-26(32)30-21-12-10-20(11-13-21)29-19(4)31/h5-8,10-13,17-18,22,25H,9,14-16H2,1-4H3,(H,29,31)(H,30,32)/t18-,22+,25+/m0/s1. The summed E-state index contributed by atoms with van der Waals surface area (Å²) >= 11 is 0. The Labute approximate surface area is 211 Å². The molecule has 2 aromatic rings. The quantitative estimate of drug-likeness (QED) is 0.497. The number of carbonyl (C=O) groups excluding carboxylic acids is 4. The molecule has 0 aliphatic heterocycles. The van der Waals surface area contributed by atoms with Crippen molar-refractivity contribution >= 4 is 35.1 Å². The molecular weight excluding hydrogens is 460 g/mol. The molecule has 1 saturated carbocycles. The Morgan fingerprint density at radius 1 is 0.889 bits per heavy atom. The molecule has 1 aliphatic carbocycles. The fourth-order valence-corrected chi connectivity index (χ4v) is 4.54. The summed E-state index contributed by atoms with van der Waals surface area (Å²) in [6.45, 7) is 7.31. The molecule has 1 fully saturated rings. The number of hydrogen-bond acceptors (Lipinski definition) is 6.